The van der Waals surface area contributed by atoms with Gasteiger partial charge in [-0.1, -0.05) is 23.2 Å². The zero-order valence-corrected chi connectivity index (χ0v) is 20.0. The van der Waals surface area contributed by atoms with Crippen LogP contribution in [0.5, 0.6) is 11.5 Å². The van der Waals surface area contributed by atoms with Crippen molar-refractivity contribution in [3.8, 4) is 11.5 Å². The lowest BCUT2D eigenvalue weighted by atomic mass is 10.2. The molecule has 190 valence electrons. The van der Waals surface area contributed by atoms with Crippen molar-refractivity contribution in [3.05, 3.63) is 52.6 Å². The molecule has 0 amide bonds. The molecule has 36 heavy (non-hydrogen) atoms. The summed E-state index contributed by atoms with van der Waals surface area (Å²) in [6.07, 6.45) is -3.46. The third kappa shape index (κ3) is 6.37. The lowest BCUT2D eigenvalue weighted by Crippen LogP contribution is -2.21. The summed E-state index contributed by atoms with van der Waals surface area (Å²) < 4.78 is 42.3. The first kappa shape index (κ1) is 26.6. The second-order valence-electron chi connectivity index (χ2n) is 6.74. The molecule has 2 aromatic heterocycles. The average molecular weight is 545 g/mol. The van der Waals surface area contributed by atoms with Crippen LogP contribution in [0.3, 0.4) is 0 Å². The van der Waals surface area contributed by atoms with Crippen molar-refractivity contribution in [1.82, 2.24) is 20.2 Å². The fourth-order valence-electron chi connectivity index (χ4n) is 2.79. The Balaban J connectivity index is 0.000000454. The first-order valence-corrected chi connectivity index (χ1v) is 10.5. The molecule has 0 atom stereocenters. The monoisotopic (exact) mass is 544 g/mol. The van der Waals surface area contributed by atoms with Crippen molar-refractivity contribution in [1.29, 1.82) is 0 Å². The van der Waals surface area contributed by atoms with E-state index in [9.17, 15) is 13.2 Å². The third-order valence-corrected chi connectivity index (χ3v) is 5.21. The van der Waals surface area contributed by atoms with Crippen LogP contribution in [0.15, 0.2) is 42.6 Å². The topological polar surface area (TPSA) is 134 Å². The van der Waals surface area contributed by atoms with Crippen LogP contribution >= 0.6 is 23.2 Å². The molecule has 10 nitrogen and oxygen atoms in total. The van der Waals surface area contributed by atoms with Crippen LogP contribution in [0.25, 0.3) is 10.9 Å². The van der Waals surface area contributed by atoms with Crippen molar-refractivity contribution < 1.29 is 32.5 Å². The van der Waals surface area contributed by atoms with Crippen LogP contribution in [0.1, 0.15) is 0 Å². The Morgan fingerprint density at radius 3 is 2.39 bits per heavy atom. The van der Waals surface area contributed by atoms with Gasteiger partial charge < -0.3 is 25.2 Å². The molecule has 4 N–H and O–H groups in total. The summed E-state index contributed by atoms with van der Waals surface area (Å²) in [4.78, 5) is 17.6. The number of carboxylic acids is 1. The van der Waals surface area contributed by atoms with Crippen LogP contribution in [-0.4, -0.2) is 51.6 Å². The Labute approximate surface area is 211 Å². The van der Waals surface area contributed by atoms with Gasteiger partial charge in [0.1, 0.15) is 5.82 Å². The summed E-state index contributed by atoms with van der Waals surface area (Å²) in [7, 11) is 3.16. The van der Waals surface area contributed by atoms with Crippen molar-refractivity contribution in [2.75, 3.05) is 24.9 Å². The van der Waals surface area contributed by atoms with Crippen LogP contribution < -0.4 is 20.1 Å². The normalized spacial score (nSPS) is 10.9. The molecule has 0 bridgehead atoms. The van der Waals surface area contributed by atoms with Crippen LogP contribution in [-0.2, 0) is 4.79 Å². The molecule has 0 saturated heterocycles. The second-order valence-corrected chi connectivity index (χ2v) is 7.53. The van der Waals surface area contributed by atoms with E-state index in [0.717, 1.165) is 11.2 Å². The van der Waals surface area contributed by atoms with E-state index < -0.39 is 12.1 Å². The summed E-state index contributed by atoms with van der Waals surface area (Å²) in [5.74, 6) is -0.0778. The maximum absolute atomic E-state index is 10.6. The van der Waals surface area contributed by atoms with E-state index in [0.29, 0.717) is 44.5 Å². The number of hydrogen-bond donors (Lipinski definition) is 4. The molecule has 0 aliphatic carbocycles. The van der Waals surface area contributed by atoms with Gasteiger partial charge in [0.2, 0.25) is 5.95 Å². The number of aromatic amines is 1. The van der Waals surface area contributed by atoms with Gasteiger partial charge in [0, 0.05) is 18.0 Å². The number of benzene rings is 2. The molecular formula is C21H17Cl2F3N6O4. The quantitative estimate of drug-likeness (QED) is 0.237. The minimum Gasteiger partial charge on any atom is -0.493 e. The number of halogens is 5. The van der Waals surface area contributed by atoms with Crippen molar-refractivity contribution in [3.63, 3.8) is 0 Å². The van der Waals surface area contributed by atoms with Crippen LogP contribution in [0.4, 0.5) is 36.4 Å². The van der Waals surface area contributed by atoms with Gasteiger partial charge >= 0.3 is 12.1 Å². The number of fused-ring (bicyclic) bond motifs is 1. The number of anilines is 4. The lowest BCUT2D eigenvalue weighted by Gasteiger charge is -2.11. The summed E-state index contributed by atoms with van der Waals surface area (Å²) >= 11 is 12.5. The summed E-state index contributed by atoms with van der Waals surface area (Å²) in [6, 6.07) is 10.7. The van der Waals surface area contributed by atoms with Gasteiger partial charge in [0.05, 0.1) is 35.2 Å². The number of aliphatic carboxylic acids is 1. The Kier molecular flexibility index (Phi) is 8.27. The van der Waals surface area contributed by atoms with E-state index in [1.165, 1.54) is 0 Å². The summed E-state index contributed by atoms with van der Waals surface area (Å²) in [6.45, 7) is 0. The molecule has 0 saturated carbocycles. The molecule has 0 fully saturated rings. The first-order chi connectivity index (χ1) is 17.0. The Bertz CT molecular complexity index is 1380. The number of H-pyrrole nitrogens is 1. The zero-order chi connectivity index (χ0) is 26.5. The van der Waals surface area contributed by atoms with Gasteiger partial charge in [-0.15, -0.1) is 0 Å². The molecule has 4 aromatic rings. The number of carbonyl (C=O) groups is 1. The molecule has 0 unspecified atom stereocenters. The molecule has 15 heteroatoms. The van der Waals surface area contributed by atoms with Crippen LogP contribution in [0, 0.1) is 0 Å². The molecule has 2 aromatic carbocycles. The number of carboxylic acid groups (broad SMARTS) is 1. The maximum Gasteiger partial charge on any atom is 0.490 e. The minimum absolute atomic E-state index is 0.395. The van der Waals surface area contributed by atoms with Gasteiger partial charge in [-0.25, -0.2) is 9.78 Å². The fraction of sp³-hybridized carbons (Fsp3) is 0.143. The summed E-state index contributed by atoms with van der Waals surface area (Å²) in [5.41, 5.74) is 1.51. The highest BCUT2D eigenvalue weighted by molar-refractivity contribution is 6.45. The van der Waals surface area contributed by atoms with Gasteiger partial charge in [0.15, 0.2) is 17.3 Å². The lowest BCUT2D eigenvalue weighted by molar-refractivity contribution is -0.192. The SMILES string of the molecule is COc1ccc(Nc2nccc(Nc3n[nH]c4ccc(Cl)c(Cl)c34)n2)cc1OC.O=C(O)C(F)(F)F. The predicted octanol–water partition coefficient (Wildman–Crippen LogP) is 5.80. The smallest absolute Gasteiger partial charge is 0.490 e. The molecule has 0 aliphatic heterocycles. The van der Waals surface area contributed by atoms with Crippen molar-refractivity contribution in [2.24, 2.45) is 0 Å². The number of rotatable bonds is 6. The number of nitrogens with zero attached hydrogens (tertiary/aromatic N) is 3. The Hall–Kier alpha value is -3.97. The predicted molar refractivity (Wildman–Crippen MR) is 128 cm³/mol. The fourth-order valence-corrected chi connectivity index (χ4v) is 3.20. The molecule has 0 aliphatic rings. The Morgan fingerprint density at radius 1 is 1.06 bits per heavy atom. The van der Waals surface area contributed by atoms with Gasteiger partial charge in [0.25, 0.3) is 0 Å². The van der Waals surface area contributed by atoms with E-state index in [1.807, 2.05) is 12.1 Å². The number of methoxy groups -OCH3 is 2. The number of alkyl halides is 3. The standard InChI is InChI=1S/C19H16Cl2N6O2.C2HF3O2/c1-28-13-6-3-10(9-14(13)29-2)23-19-22-8-7-15(25-19)24-18-16-12(26-27-18)5-4-11(20)17(16)21;3-2(4,5)1(6)7/h3-9H,1-2H3,(H3,22,23,24,25,26,27);(H,6,7). The summed E-state index contributed by atoms with van der Waals surface area (Å²) in [5, 5.41) is 22.1. The molecule has 0 spiro atoms. The van der Waals surface area contributed by atoms with Crippen molar-refractivity contribution >= 4 is 63.3 Å². The second kappa shape index (κ2) is 11.2. The average Bonchev–Trinajstić information content (AvgIpc) is 3.24. The molecular weight excluding hydrogens is 528 g/mol. The number of hydrogen-bond acceptors (Lipinski definition) is 8. The first-order valence-electron chi connectivity index (χ1n) is 9.74. The van der Waals surface area contributed by atoms with Gasteiger partial charge in [-0.2, -0.15) is 23.3 Å². The third-order valence-electron chi connectivity index (χ3n) is 4.40. The molecule has 0 radical (unpaired) electrons. The highest BCUT2D eigenvalue weighted by Gasteiger charge is 2.38. The molecule has 2 heterocycles. The largest absolute Gasteiger partial charge is 0.493 e. The van der Waals surface area contributed by atoms with Gasteiger partial charge in [-0.05, 0) is 30.3 Å². The highest BCUT2D eigenvalue weighted by atomic mass is 35.5. The maximum atomic E-state index is 10.6. The van der Waals surface area contributed by atoms with Crippen molar-refractivity contribution in [2.45, 2.75) is 6.18 Å². The Morgan fingerprint density at radius 2 is 1.75 bits per heavy atom. The van der Waals surface area contributed by atoms with E-state index in [2.05, 4.69) is 30.8 Å². The van der Waals surface area contributed by atoms with E-state index in [4.69, 9.17) is 42.6 Å². The molecule has 4 rings (SSSR count). The zero-order valence-electron chi connectivity index (χ0n) is 18.4. The van der Waals surface area contributed by atoms with Gasteiger partial charge in [-0.3, -0.25) is 5.10 Å². The number of ether oxygens (including phenoxy) is 2. The number of nitrogens with one attached hydrogen (secondary N) is 3. The van der Waals surface area contributed by atoms with E-state index in [-0.39, 0.29) is 0 Å². The minimum atomic E-state index is -5.08. The highest BCUT2D eigenvalue weighted by Crippen LogP contribution is 2.35. The van der Waals surface area contributed by atoms with Crippen LogP contribution in [0.2, 0.25) is 10.0 Å². The van der Waals surface area contributed by atoms with E-state index >= 15 is 0 Å². The number of aromatic nitrogens is 4. The van der Waals surface area contributed by atoms with E-state index in [1.54, 1.807) is 44.7 Å².